The molecule has 3 heterocycles. The number of benzene rings is 1. The number of nitrogens with two attached hydrogens (primary N) is 1. The molecule has 0 bridgehead atoms. The van der Waals surface area contributed by atoms with Gasteiger partial charge >= 0.3 is 6.18 Å². The van der Waals surface area contributed by atoms with Gasteiger partial charge in [0.1, 0.15) is 11.5 Å². The van der Waals surface area contributed by atoms with Crippen LogP contribution in [0.1, 0.15) is 29.8 Å². The van der Waals surface area contributed by atoms with Crippen molar-refractivity contribution in [1.82, 2.24) is 19.4 Å². The summed E-state index contributed by atoms with van der Waals surface area (Å²) in [6, 6.07) is 1.06. The van der Waals surface area contributed by atoms with E-state index < -0.39 is 51.7 Å². The van der Waals surface area contributed by atoms with Crippen LogP contribution in [0.5, 0.6) is 0 Å². The lowest BCUT2D eigenvalue weighted by Gasteiger charge is -2.44. The molecule has 2 aromatic heterocycles. The van der Waals surface area contributed by atoms with Crippen molar-refractivity contribution in [1.29, 1.82) is 0 Å². The van der Waals surface area contributed by atoms with E-state index in [-0.39, 0.29) is 35.3 Å². The van der Waals surface area contributed by atoms with Crippen LogP contribution in [0.2, 0.25) is 0 Å². The van der Waals surface area contributed by atoms with E-state index in [0.717, 1.165) is 6.07 Å². The Morgan fingerprint density at radius 1 is 1.07 bits per heavy atom. The third-order valence-corrected chi connectivity index (χ3v) is 7.06. The number of halogens is 5. The maximum Gasteiger partial charge on any atom is 0.417 e. The van der Waals surface area contributed by atoms with Crippen molar-refractivity contribution in [2.24, 2.45) is 5.73 Å². The average Bonchev–Trinajstić information content (AvgIpc) is 2.86. The number of amides is 1. The van der Waals surface area contributed by atoms with Gasteiger partial charge in [-0.05, 0) is 20.9 Å². The molecule has 1 aliphatic heterocycles. The van der Waals surface area contributed by atoms with Crippen LogP contribution >= 0.6 is 0 Å². The summed E-state index contributed by atoms with van der Waals surface area (Å²) in [4.78, 5) is 38.5. The molecule has 0 radical (unpaired) electrons. The van der Waals surface area contributed by atoms with E-state index in [1.165, 1.54) is 12.4 Å². The van der Waals surface area contributed by atoms with Gasteiger partial charge in [-0.2, -0.15) is 13.2 Å². The van der Waals surface area contributed by atoms with Crippen molar-refractivity contribution >= 4 is 17.5 Å². The molecule has 9 nitrogen and oxygen atoms in total. The molecule has 4 rings (SSSR count). The Bertz CT molecular complexity index is 1490. The summed E-state index contributed by atoms with van der Waals surface area (Å²) >= 11 is 0. The average molecular weight is 566 g/mol. The molecule has 14 heteroatoms. The minimum Gasteiger partial charge on any atom is -0.367 e. The van der Waals surface area contributed by atoms with E-state index >= 15 is 8.78 Å². The van der Waals surface area contributed by atoms with Gasteiger partial charge in [0.15, 0.2) is 5.82 Å². The quantitative estimate of drug-likeness (QED) is 0.474. The van der Waals surface area contributed by atoms with E-state index in [4.69, 9.17) is 5.73 Å². The van der Waals surface area contributed by atoms with E-state index in [2.05, 4.69) is 14.9 Å². The van der Waals surface area contributed by atoms with E-state index in [1.54, 1.807) is 23.9 Å². The highest BCUT2D eigenvalue weighted by Crippen LogP contribution is 2.38. The SMILES string of the molecule is C[C@@H]1CN(c2cc(F)c(-c3cnc(N(C)C)nc3)c(F)c2-n2cc(C(N)=O)c(C(F)(F)F)cc2=O)C[C@H](C)N1C. The molecular formula is C26H28F5N7O2. The van der Waals surface area contributed by atoms with E-state index in [0.29, 0.717) is 23.9 Å². The predicted octanol–water partition coefficient (Wildman–Crippen LogP) is 3.29. The second-order valence-electron chi connectivity index (χ2n) is 10.0. The molecule has 214 valence electrons. The third-order valence-electron chi connectivity index (χ3n) is 7.06. The molecule has 0 aliphatic carbocycles. The summed E-state index contributed by atoms with van der Waals surface area (Å²) in [5.74, 6) is -3.44. The monoisotopic (exact) mass is 565 g/mol. The summed E-state index contributed by atoms with van der Waals surface area (Å²) < 4.78 is 73.5. The number of primary amides is 1. The molecule has 40 heavy (non-hydrogen) atoms. The van der Waals surface area contributed by atoms with Crippen LogP contribution in [-0.4, -0.2) is 71.7 Å². The topological polar surface area (TPSA) is 101 Å². The number of hydrogen-bond donors (Lipinski definition) is 1. The van der Waals surface area contributed by atoms with Crippen LogP contribution in [0.4, 0.5) is 33.6 Å². The zero-order chi connectivity index (χ0) is 29.7. The Morgan fingerprint density at radius 2 is 1.65 bits per heavy atom. The summed E-state index contributed by atoms with van der Waals surface area (Å²) in [5, 5.41) is 0. The van der Waals surface area contributed by atoms with Gasteiger partial charge in [0.25, 0.3) is 11.5 Å². The number of aromatic nitrogens is 3. The van der Waals surface area contributed by atoms with Crippen LogP contribution in [0.3, 0.4) is 0 Å². The van der Waals surface area contributed by atoms with Gasteiger partial charge in [0.2, 0.25) is 5.95 Å². The van der Waals surface area contributed by atoms with Crippen LogP contribution in [-0.2, 0) is 6.18 Å². The fourth-order valence-electron chi connectivity index (χ4n) is 4.75. The highest BCUT2D eigenvalue weighted by atomic mass is 19.4. The zero-order valence-corrected chi connectivity index (χ0v) is 22.4. The Labute approximate surface area is 226 Å². The Kier molecular flexibility index (Phi) is 7.58. The molecule has 1 saturated heterocycles. The van der Waals surface area contributed by atoms with Gasteiger partial charge in [-0.3, -0.25) is 19.1 Å². The maximum absolute atomic E-state index is 16.5. The number of hydrogen-bond acceptors (Lipinski definition) is 7. The molecule has 2 atom stereocenters. The fraction of sp³-hybridized carbons (Fsp3) is 0.385. The highest BCUT2D eigenvalue weighted by molar-refractivity contribution is 5.94. The number of anilines is 2. The third kappa shape index (κ3) is 5.22. The molecule has 0 spiro atoms. The number of nitrogens with zero attached hydrogens (tertiary/aromatic N) is 6. The second-order valence-corrected chi connectivity index (χ2v) is 10.0. The van der Waals surface area contributed by atoms with Crippen molar-refractivity contribution in [2.75, 3.05) is 44.0 Å². The first-order valence-electron chi connectivity index (χ1n) is 12.2. The number of carbonyl (C=O) groups is 1. The smallest absolute Gasteiger partial charge is 0.367 e. The summed E-state index contributed by atoms with van der Waals surface area (Å²) in [7, 11) is 5.25. The van der Waals surface area contributed by atoms with Crippen molar-refractivity contribution < 1.29 is 26.7 Å². The standard InChI is InChI=1S/C26H28F5N7O2/c1-13-10-37(11-14(2)36(13)5)19-7-18(27)21(15-8-33-25(34-9-15)35(3)4)22(28)23(19)38-12-16(24(32)40)17(6-20(38)39)26(29,30)31/h6-9,12-14H,10-11H2,1-5H3,(H2,32,40)/t13-,14+. The first-order chi connectivity index (χ1) is 18.6. The molecule has 0 saturated carbocycles. The van der Waals surface area contributed by atoms with Crippen LogP contribution in [0.25, 0.3) is 16.8 Å². The van der Waals surface area contributed by atoms with Gasteiger partial charge in [0, 0.05) is 75.6 Å². The first-order valence-corrected chi connectivity index (χ1v) is 12.2. The molecule has 1 fully saturated rings. The van der Waals surface area contributed by atoms with Gasteiger partial charge in [-0.25, -0.2) is 18.7 Å². The number of carbonyl (C=O) groups excluding carboxylic acids is 1. The summed E-state index contributed by atoms with van der Waals surface area (Å²) in [6.45, 7) is 4.40. The number of pyridine rings is 1. The lowest BCUT2D eigenvalue weighted by Crippen LogP contribution is -2.55. The molecule has 1 amide bonds. The molecule has 2 N–H and O–H groups in total. The van der Waals surface area contributed by atoms with Crippen molar-refractivity contribution in [3.05, 3.63) is 63.8 Å². The largest absolute Gasteiger partial charge is 0.417 e. The number of alkyl halides is 3. The van der Waals surface area contributed by atoms with Gasteiger partial charge in [-0.1, -0.05) is 0 Å². The second kappa shape index (κ2) is 10.5. The number of rotatable bonds is 5. The Hall–Kier alpha value is -4.07. The van der Waals surface area contributed by atoms with Crippen LogP contribution in [0, 0.1) is 11.6 Å². The normalized spacial score (nSPS) is 18.2. The van der Waals surface area contributed by atoms with E-state index in [1.807, 2.05) is 20.9 Å². The Balaban J connectivity index is 2.04. The fourth-order valence-corrected chi connectivity index (χ4v) is 4.75. The van der Waals surface area contributed by atoms with Crippen molar-refractivity contribution in [3.8, 4) is 16.8 Å². The number of likely N-dealkylation sites (N-methyl/N-ethyl adjacent to an activating group) is 1. The maximum atomic E-state index is 16.5. The van der Waals surface area contributed by atoms with Gasteiger partial charge < -0.3 is 15.5 Å². The van der Waals surface area contributed by atoms with Crippen LogP contribution < -0.4 is 21.1 Å². The first kappa shape index (κ1) is 28.9. The zero-order valence-electron chi connectivity index (χ0n) is 22.4. The van der Waals surface area contributed by atoms with Gasteiger partial charge in [0.05, 0.1) is 22.4 Å². The molecule has 3 aromatic rings. The lowest BCUT2D eigenvalue weighted by atomic mass is 10.0. The van der Waals surface area contributed by atoms with Crippen molar-refractivity contribution in [3.63, 3.8) is 0 Å². The minimum atomic E-state index is -5.08. The van der Waals surface area contributed by atoms with E-state index in [9.17, 15) is 22.8 Å². The minimum absolute atomic E-state index is 0.0661. The van der Waals surface area contributed by atoms with Crippen molar-refractivity contribution in [2.45, 2.75) is 32.1 Å². The lowest BCUT2D eigenvalue weighted by molar-refractivity contribution is -0.138. The molecular weight excluding hydrogens is 537 g/mol. The predicted molar refractivity (Wildman–Crippen MR) is 140 cm³/mol. The summed E-state index contributed by atoms with van der Waals surface area (Å²) in [6.07, 6.45) is -2.15. The Morgan fingerprint density at radius 3 is 2.15 bits per heavy atom. The van der Waals surface area contributed by atoms with Gasteiger partial charge in [-0.15, -0.1) is 0 Å². The molecule has 0 unspecified atom stereocenters. The van der Waals surface area contributed by atoms with Crippen LogP contribution in [0.15, 0.2) is 35.5 Å². The number of piperazine rings is 1. The highest BCUT2D eigenvalue weighted by Gasteiger charge is 2.37. The molecule has 1 aliphatic rings. The molecule has 1 aromatic carbocycles. The summed E-state index contributed by atoms with van der Waals surface area (Å²) in [5.41, 5.74) is 0.0734.